The molecule has 1 saturated heterocycles. The molecule has 2 N–H and O–H groups in total. The molecule has 4 rings (SSSR count). The molecule has 9 nitrogen and oxygen atoms in total. The number of hydrogen-bond donors (Lipinski definition) is 2. The van der Waals surface area contributed by atoms with Gasteiger partial charge < -0.3 is 14.6 Å². The Morgan fingerprint density at radius 2 is 2.14 bits per heavy atom. The molecule has 146 valence electrons. The molecule has 3 heterocycles. The summed E-state index contributed by atoms with van der Waals surface area (Å²) in [6.45, 7) is 2.79. The molecule has 2 aromatic heterocycles. The monoisotopic (exact) mass is 382 g/mol. The van der Waals surface area contributed by atoms with Crippen LogP contribution in [0.5, 0.6) is 0 Å². The molecule has 1 fully saturated rings. The van der Waals surface area contributed by atoms with Gasteiger partial charge in [-0.15, -0.1) is 0 Å². The molecular weight excluding hydrogens is 360 g/mol. The summed E-state index contributed by atoms with van der Waals surface area (Å²) >= 11 is 0. The maximum absolute atomic E-state index is 12.3. The molecule has 0 bridgehead atoms. The Bertz CT molecular complexity index is 959. The van der Waals surface area contributed by atoms with Crippen LogP contribution in [0.25, 0.3) is 11.3 Å². The van der Waals surface area contributed by atoms with Gasteiger partial charge in [-0.1, -0.05) is 35.5 Å². The second-order valence-electron chi connectivity index (χ2n) is 6.67. The third-order valence-electron chi connectivity index (χ3n) is 4.66. The van der Waals surface area contributed by atoms with Crippen LogP contribution in [-0.2, 0) is 18.3 Å². The van der Waals surface area contributed by atoms with Gasteiger partial charge in [0.05, 0.1) is 12.2 Å². The van der Waals surface area contributed by atoms with Crippen molar-refractivity contribution in [2.75, 3.05) is 11.9 Å². The van der Waals surface area contributed by atoms with Crippen LogP contribution >= 0.6 is 0 Å². The quantitative estimate of drug-likeness (QED) is 0.702. The van der Waals surface area contributed by atoms with Crippen molar-refractivity contribution in [1.82, 2.24) is 25.2 Å². The highest BCUT2D eigenvalue weighted by molar-refractivity contribution is 5.90. The molecule has 9 heteroatoms. The highest BCUT2D eigenvalue weighted by atomic mass is 16.5. The molecule has 0 saturated carbocycles. The van der Waals surface area contributed by atoms with E-state index >= 15 is 0 Å². The van der Waals surface area contributed by atoms with Gasteiger partial charge in [0.25, 0.3) is 5.89 Å². The van der Waals surface area contributed by atoms with E-state index in [2.05, 4.69) is 25.9 Å². The van der Waals surface area contributed by atoms with E-state index in [4.69, 9.17) is 9.26 Å². The first kappa shape index (κ1) is 18.2. The van der Waals surface area contributed by atoms with Crippen LogP contribution in [0.4, 0.5) is 10.6 Å². The normalized spacial score (nSPS) is 16.3. The zero-order valence-corrected chi connectivity index (χ0v) is 15.8. The zero-order chi connectivity index (χ0) is 19.5. The summed E-state index contributed by atoms with van der Waals surface area (Å²) in [6.07, 6.45) is 1.72. The summed E-state index contributed by atoms with van der Waals surface area (Å²) in [5.41, 5.74) is 2.72. The van der Waals surface area contributed by atoms with Gasteiger partial charge in [-0.25, -0.2) is 4.79 Å². The van der Waals surface area contributed by atoms with Gasteiger partial charge in [0.2, 0.25) is 0 Å². The number of anilines is 1. The number of aromatic nitrogens is 4. The Morgan fingerprint density at radius 1 is 1.32 bits per heavy atom. The minimum absolute atomic E-state index is 0.136. The van der Waals surface area contributed by atoms with E-state index in [1.165, 1.54) is 0 Å². The summed E-state index contributed by atoms with van der Waals surface area (Å²) < 4.78 is 12.4. The maximum atomic E-state index is 12.3. The Balaban J connectivity index is 1.38. The number of hydrogen-bond acceptors (Lipinski definition) is 6. The van der Waals surface area contributed by atoms with Crippen molar-refractivity contribution in [3.05, 3.63) is 47.6 Å². The molecular formula is C19H22N6O3. The average molecular weight is 382 g/mol. The summed E-state index contributed by atoms with van der Waals surface area (Å²) in [5, 5.41) is 14.0. The lowest BCUT2D eigenvalue weighted by Crippen LogP contribution is -2.29. The van der Waals surface area contributed by atoms with Crippen LogP contribution in [0.2, 0.25) is 0 Å². The van der Waals surface area contributed by atoms with Crippen molar-refractivity contribution in [2.24, 2.45) is 7.05 Å². The Hall–Kier alpha value is -3.20. The van der Waals surface area contributed by atoms with Crippen LogP contribution in [-0.4, -0.2) is 32.6 Å². The van der Waals surface area contributed by atoms with Gasteiger partial charge in [-0.2, -0.15) is 10.1 Å². The lowest BCUT2D eigenvalue weighted by molar-refractivity contribution is 0.0835. The summed E-state index contributed by atoms with van der Waals surface area (Å²) in [7, 11) is 1.79. The minimum atomic E-state index is -0.367. The van der Waals surface area contributed by atoms with Crippen molar-refractivity contribution < 1.29 is 14.1 Å². The van der Waals surface area contributed by atoms with Crippen LogP contribution in [0.3, 0.4) is 0 Å². The van der Waals surface area contributed by atoms with Crippen LogP contribution < -0.4 is 10.6 Å². The predicted octanol–water partition coefficient (Wildman–Crippen LogP) is 2.95. The van der Waals surface area contributed by atoms with E-state index in [1.54, 1.807) is 11.7 Å². The first-order valence-electron chi connectivity index (χ1n) is 9.20. The first-order chi connectivity index (χ1) is 13.6. The van der Waals surface area contributed by atoms with Crippen molar-refractivity contribution in [3.8, 4) is 11.3 Å². The fraction of sp³-hybridized carbons (Fsp3) is 0.368. The molecule has 1 aliphatic heterocycles. The number of nitrogens with one attached hydrogen (secondary N) is 2. The molecule has 1 aromatic carbocycles. The van der Waals surface area contributed by atoms with Gasteiger partial charge in [0, 0.05) is 24.8 Å². The number of benzene rings is 1. The van der Waals surface area contributed by atoms with E-state index in [9.17, 15) is 4.79 Å². The number of amides is 2. The lowest BCUT2D eigenvalue weighted by Gasteiger charge is -2.07. The average Bonchev–Trinajstić information content (AvgIpc) is 3.44. The number of nitrogens with zero attached hydrogens (tertiary/aromatic N) is 4. The standard InChI is InChI=1S/C19H22N6O3/c1-12-16(13-7-4-3-5-8-13)23-25(2)17(12)22-19(26)20-11-15-21-18(28-24-15)14-9-6-10-27-14/h3-5,7-8,14H,6,9-11H2,1-2H3,(H2,20,22,26)/t14-/m1/s1. The topological polar surface area (TPSA) is 107 Å². The van der Waals surface area contributed by atoms with E-state index in [-0.39, 0.29) is 18.7 Å². The van der Waals surface area contributed by atoms with Crippen molar-refractivity contribution in [1.29, 1.82) is 0 Å². The number of ether oxygens (including phenoxy) is 1. The third kappa shape index (κ3) is 3.74. The summed E-state index contributed by atoms with van der Waals surface area (Å²) in [5.74, 6) is 1.50. The molecule has 0 radical (unpaired) electrons. The van der Waals surface area contributed by atoms with Crippen molar-refractivity contribution >= 4 is 11.8 Å². The van der Waals surface area contributed by atoms with Gasteiger partial charge in [-0.3, -0.25) is 10.00 Å². The number of urea groups is 1. The van der Waals surface area contributed by atoms with Crippen LogP contribution in [0.15, 0.2) is 34.9 Å². The Kier molecular flexibility index (Phi) is 5.07. The second kappa shape index (κ2) is 7.81. The predicted molar refractivity (Wildman–Crippen MR) is 101 cm³/mol. The van der Waals surface area contributed by atoms with E-state index in [1.807, 2.05) is 37.3 Å². The fourth-order valence-corrected chi connectivity index (χ4v) is 3.23. The fourth-order valence-electron chi connectivity index (χ4n) is 3.23. The van der Waals surface area contributed by atoms with E-state index < -0.39 is 0 Å². The van der Waals surface area contributed by atoms with Crippen molar-refractivity contribution in [3.63, 3.8) is 0 Å². The number of carbonyl (C=O) groups is 1. The third-order valence-corrected chi connectivity index (χ3v) is 4.66. The lowest BCUT2D eigenvalue weighted by atomic mass is 10.1. The zero-order valence-electron chi connectivity index (χ0n) is 15.8. The highest BCUT2D eigenvalue weighted by Gasteiger charge is 2.24. The minimum Gasteiger partial charge on any atom is -0.368 e. The summed E-state index contributed by atoms with van der Waals surface area (Å²) in [4.78, 5) is 16.6. The molecule has 28 heavy (non-hydrogen) atoms. The molecule has 0 aliphatic carbocycles. The van der Waals surface area contributed by atoms with Gasteiger partial charge in [0.1, 0.15) is 11.9 Å². The van der Waals surface area contributed by atoms with Gasteiger partial charge in [0.15, 0.2) is 5.82 Å². The smallest absolute Gasteiger partial charge is 0.320 e. The second-order valence-corrected chi connectivity index (χ2v) is 6.67. The maximum Gasteiger partial charge on any atom is 0.320 e. The van der Waals surface area contributed by atoms with Crippen LogP contribution in [0, 0.1) is 6.92 Å². The highest BCUT2D eigenvalue weighted by Crippen LogP contribution is 2.28. The van der Waals surface area contributed by atoms with E-state index in [0.29, 0.717) is 24.1 Å². The Morgan fingerprint density at radius 3 is 2.89 bits per heavy atom. The molecule has 2 amide bonds. The largest absolute Gasteiger partial charge is 0.368 e. The number of aryl methyl sites for hydroxylation is 1. The summed E-state index contributed by atoms with van der Waals surface area (Å²) in [6, 6.07) is 9.48. The molecule has 1 aliphatic rings. The Labute approximate surface area is 162 Å². The van der Waals surface area contributed by atoms with Gasteiger partial charge in [-0.05, 0) is 19.8 Å². The molecule has 1 atom stereocenters. The van der Waals surface area contributed by atoms with E-state index in [0.717, 1.165) is 29.7 Å². The molecule has 3 aromatic rings. The number of rotatable bonds is 5. The van der Waals surface area contributed by atoms with Crippen molar-refractivity contribution in [2.45, 2.75) is 32.4 Å². The molecule has 0 unspecified atom stereocenters. The SMILES string of the molecule is Cc1c(-c2ccccc2)nn(C)c1NC(=O)NCc1noc([C@H]2CCCO2)n1. The molecule has 0 spiro atoms. The first-order valence-corrected chi connectivity index (χ1v) is 9.20. The van der Waals surface area contributed by atoms with Crippen LogP contribution in [0.1, 0.15) is 36.2 Å². The number of carbonyl (C=O) groups excluding carboxylic acids is 1. The van der Waals surface area contributed by atoms with Gasteiger partial charge >= 0.3 is 6.03 Å².